The van der Waals surface area contributed by atoms with E-state index in [1.54, 1.807) is 4.90 Å². The van der Waals surface area contributed by atoms with Gasteiger partial charge in [-0.2, -0.15) is 13.2 Å². The zero-order valence-corrected chi connectivity index (χ0v) is 7.05. The van der Waals surface area contributed by atoms with Gasteiger partial charge in [-0.25, -0.2) is 0 Å². The first kappa shape index (κ1) is 10.7. The molecule has 0 aliphatic carbocycles. The summed E-state index contributed by atoms with van der Waals surface area (Å²) in [6.45, 7) is 1.42. The van der Waals surface area contributed by atoms with Crippen molar-refractivity contribution < 1.29 is 23.0 Å². The van der Waals surface area contributed by atoms with Crippen LogP contribution < -0.4 is 0 Å². The number of hydrogen-bond acceptors (Lipinski definition) is 3. The molecule has 0 aromatic heterocycles. The van der Waals surface area contributed by atoms with E-state index in [-0.39, 0.29) is 6.54 Å². The van der Waals surface area contributed by atoms with Gasteiger partial charge in [-0.1, -0.05) is 0 Å². The summed E-state index contributed by atoms with van der Waals surface area (Å²) in [6, 6.07) is 0. The molecule has 0 amide bonds. The van der Waals surface area contributed by atoms with Crippen molar-refractivity contribution in [3.8, 4) is 0 Å². The molecular formula is C7H12F3NO2. The third-order valence-electron chi connectivity index (χ3n) is 1.91. The second-order valence-electron chi connectivity index (χ2n) is 2.97. The molecule has 1 saturated heterocycles. The summed E-state index contributed by atoms with van der Waals surface area (Å²) in [6.07, 6.45) is -6.76. The molecule has 1 aliphatic rings. The summed E-state index contributed by atoms with van der Waals surface area (Å²) in [5, 5.41) is 8.73. The van der Waals surface area contributed by atoms with Crippen molar-refractivity contribution in [2.24, 2.45) is 0 Å². The molecule has 1 aliphatic heterocycles. The monoisotopic (exact) mass is 199 g/mol. The molecule has 0 radical (unpaired) electrons. The third-order valence-corrected chi connectivity index (χ3v) is 1.91. The standard InChI is InChI=1S/C7H12F3NO2/c8-7(9,10)6(12)5-11-1-3-13-4-2-11/h6,12H,1-5H2. The van der Waals surface area contributed by atoms with Crippen molar-refractivity contribution in [1.29, 1.82) is 0 Å². The van der Waals surface area contributed by atoms with Gasteiger partial charge in [-0.05, 0) is 0 Å². The first-order valence-corrected chi connectivity index (χ1v) is 4.05. The Kier molecular flexibility index (Phi) is 3.52. The number of morpholine rings is 1. The maximum Gasteiger partial charge on any atom is 0.415 e. The van der Waals surface area contributed by atoms with E-state index in [9.17, 15) is 13.2 Å². The summed E-state index contributed by atoms with van der Waals surface area (Å²) < 4.78 is 40.7. The van der Waals surface area contributed by atoms with E-state index >= 15 is 0 Å². The summed E-state index contributed by atoms with van der Waals surface area (Å²) in [5.41, 5.74) is 0. The zero-order valence-electron chi connectivity index (χ0n) is 7.05. The molecule has 1 fully saturated rings. The smallest absolute Gasteiger partial charge is 0.382 e. The number of halogens is 3. The minimum atomic E-state index is -4.52. The number of rotatable bonds is 2. The first-order chi connectivity index (χ1) is 6.00. The van der Waals surface area contributed by atoms with Crippen molar-refractivity contribution in [2.45, 2.75) is 12.3 Å². The highest BCUT2D eigenvalue weighted by atomic mass is 19.4. The van der Waals surface area contributed by atoms with Gasteiger partial charge in [0.05, 0.1) is 13.2 Å². The summed E-state index contributed by atoms with van der Waals surface area (Å²) in [7, 11) is 0. The molecule has 3 nitrogen and oxygen atoms in total. The van der Waals surface area contributed by atoms with Crippen molar-refractivity contribution in [2.75, 3.05) is 32.8 Å². The molecule has 78 valence electrons. The van der Waals surface area contributed by atoms with Gasteiger partial charge in [0.2, 0.25) is 0 Å². The van der Waals surface area contributed by atoms with E-state index in [1.807, 2.05) is 0 Å². The van der Waals surface area contributed by atoms with Crippen LogP contribution in [0.15, 0.2) is 0 Å². The highest BCUT2D eigenvalue weighted by Gasteiger charge is 2.39. The Labute approximate surface area is 74.1 Å². The molecule has 0 bridgehead atoms. The zero-order chi connectivity index (χ0) is 9.90. The summed E-state index contributed by atoms with van der Waals surface area (Å²) in [5.74, 6) is 0. The van der Waals surface area contributed by atoms with E-state index in [4.69, 9.17) is 9.84 Å². The van der Waals surface area contributed by atoms with Crippen LogP contribution in [0, 0.1) is 0 Å². The second-order valence-corrected chi connectivity index (χ2v) is 2.97. The number of β-amino-alcohol motifs (C(OH)–C–C–N with tert-alkyl or cyclic N) is 1. The van der Waals surface area contributed by atoms with Gasteiger partial charge in [-0.3, -0.25) is 4.90 Å². The van der Waals surface area contributed by atoms with Crippen molar-refractivity contribution >= 4 is 0 Å². The fourth-order valence-corrected chi connectivity index (χ4v) is 1.13. The lowest BCUT2D eigenvalue weighted by Gasteiger charge is -2.29. The van der Waals surface area contributed by atoms with Crippen LogP contribution in [0.1, 0.15) is 0 Å². The van der Waals surface area contributed by atoms with E-state index in [0.29, 0.717) is 26.3 Å². The topological polar surface area (TPSA) is 32.7 Å². The maximum absolute atomic E-state index is 11.9. The number of nitrogens with zero attached hydrogens (tertiary/aromatic N) is 1. The van der Waals surface area contributed by atoms with Gasteiger partial charge >= 0.3 is 6.18 Å². The van der Waals surface area contributed by atoms with E-state index in [0.717, 1.165) is 0 Å². The summed E-state index contributed by atoms with van der Waals surface area (Å²) >= 11 is 0. The lowest BCUT2D eigenvalue weighted by molar-refractivity contribution is -0.209. The Hall–Kier alpha value is -0.330. The molecule has 0 aromatic carbocycles. The van der Waals surface area contributed by atoms with E-state index in [1.165, 1.54) is 0 Å². The van der Waals surface area contributed by atoms with Crippen molar-refractivity contribution in [3.05, 3.63) is 0 Å². The fourth-order valence-electron chi connectivity index (χ4n) is 1.13. The Morgan fingerprint density at radius 2 is 1.85 bits per heavy atom. The van der Waals surface area contributed by atoms with Crippen LogP contribution in [0.5, 0.6) is 0 Å². The lowest BCUT2D eigenvalue weighted by Crippen LogP contribution is -2.45. The molecule has 1 N–H and O–H groups in total. The highest BCUT2D eigenvalue weighted by molar-refractivity contribution is 4.72. The van der Waals surface area contributed by atoms with E-state index in [2.05, 4.69) is 0 Å². The predicted octanol–water partition coefficient (Wildman–Crippen LogP) is 0.242. The van der Waals surface area contributed by atoms with Crippen molar-refractivity contribution in [3.63, 3.8) is 0 Å². The van der Waals surface area contributed by atoms with Gasteiger partial charge < -0.3 is 9.84 Å². The van der Waals surface area contributed by atoms with Crippen LogP contribution in [0.25, 0.3) is 0 Å². The molecule has 6 heteroatoms. The Balaban J connectivity index is 2.30. The number of aliphatic hydroxyl groups is 1. The molecule has 0 saturated carbocycles. The number of ether oxygens (including phenoxy) is 1. The Morgan fingerprint density at radius 3 is 2.31 bits per heavy atom. The van der Waals surface area contributed by atoms with Gasteiger partial charge in [0, 0.05) is 19.6 Å². The largest absolute Gasteiger partial charge is 0.415 e. The number of hydrogen-bond donors (Lipinski definition) is 1. The minimum Gasteiger partial charge on any atom is -0.382 e. The quantitative estimate of drug-likeness (QED) is 0.691. The van der Waals surface area contributed by atoms with Crippen LogP contribution in [0.2, 0.25) is 0 Å². The maximum atomic E-state index is 11.9. The van der Waals surface area contributed by atoms with Crippen LogP contribution in [0.4, 0.5) is 13.2 Å². The van der Waals surface area contributed by atoms with E-state index < -0.39 is 12.3 Å². The second kappa shape index (κ2) is 4.26. The molecule has 13 heavy (non-hydrogen) atoms. The molecule has 1 rings (SSSR count). The van der Waals surface area contributed by atoms with Gasteiger partial charge in [0.1, 0.15) is 0 Å². The average Bonchev–Trinajstić information content (AvgIpc) is 2.04. The van der Waals surface area contributed by atoms with Gasteiger partial charge in [-0.15, -0.1) is 0 Å². The number of aliphatic hydroxyl groups excluding tert-OH is 1. The van der Waals surface area contributed by atoms with Crippen molar-refractivity contribution in [1.82, 2.24) is 4.90 Å². The van der Waals surface area contributed by atoms with Gasteiger partial charge in [0.25, 0.3) is 0 Å². The summed E-state index contributed by atoms with van der Waals surface area (Å²) in [4.78, 5) is 1.54. The average molecular weight is 199 g/mol. The first-order valence-electron chi connectivity index (χ1n) is 4.05. The molecule has 1 heterocycles. The fraction of sp³-hybridized carbons (Fsp3) is 1.00. The Bertz CT molecular complexity index is 156. The van der Waals surface area contributed by atoms with Crippen LogP contribution >= 0.6 is 0 Å². The molecule has 1 unspecified atom stereocenters. The third kappa shape index (κ3) is 3.50. The highest BCUT2D eigenvalue weighted by Crippen LogP contribution is 2.20. The molecule has 0 spiro atoms. The SMILES string of the molecule is OC(CN1CCOCC1)C(F)(F)F. The number of alkyl halides is 3. The lowest BCUT2D eigenvalue weighted by atomic mass is 10.3. The van der Waals surface area contributed by atoms with Crippen LogP contribution in [-0.2, 0) is 4.74 Å². The minimum absolute atomic E-state index is 0.354. The van der Waals surface area contributed by atoms with Gasteiger partial charge in [0.15, 0.2) is 6.10 Å². The van der Waals surface area contributed by atoms with Crippen LogP contribution in [-0.4, -0.2) is 55.1 Å². The predicted molar refractivity (Wildman–Crippen MR) is 39.3 cm³/mol. The van der Waals surface area contributed by atoms with Crippen LogP contribution in [0.3, 0.4) is 0 Å². The molecular weight excluding hydrogens is 187 g/mol. The normalized spacial score (nSPS) is 23.1. The molecule has 0 aromatic rings. The molecule has 1 atom stereocenters. The Morgan fingerprint density at radius 1 is 1.31 bits per heavy atom.